The summed E-state index contributed by atoms with van der Waals surface area (Å²) in [5.74, 6) is -0.815. The SMILES string of the molecule is CN1C(=O)/C(=C/c2cc3c([se]2)N(c2ccccc2)c2ccccc2C3(C)C)C(=O)NC1=S. The summed E-state index contributed by atoms with van der Waals surface area (Å²) in [7, 11) is 1.58. The topological polar surface area (TPSA) is 52.7 Å². The Labute approximate surface area is 198 Å². The number of para-hydroxylation sites is 2. The Morgan fingerprint density at radius 2 is 1.69 bits per heavy atom. The minimum atomic E-state index is -0.442. The van der Waals surface area contributed by atoms with E-state index in [0.717, 1.165) is 10.1 Å². The molecule has 5 nitrogen and oxygen atoms in total. The molecule has 2 aromatic carbocycles. The fraction of sp³-hybridized carbons (Fsp3) is 0.160. The van der Waals surface area contributed by atoms with Gasteiger partial charge in [0.25, 0.3) is 0 Å². The second-order valence-corrected chi connectivity index (χ2v) is 11.0. The summed E-state index contributed by atoms with van der Waals surface area (Å²) < 4.78 is 2.22. The van der Waals surface area contributed by atoms with E-state index in [2.05, 4.69) is 66.5 Å². The van der Waals surface area contributed by atoms with E-state index in [0.29, 0.717) is 0 Å². The van der Waals surface area contributed by atoms with Gasteiger partial charge in [-0.25, -0.2) is 0 Å². The predicted molar refractivity (Wildman–Crippen MR) is 132 cm³/mol. The molecule has 1 saturated heterocycles. The molecule has 2 amide bonds. The fourth-order valence-electron chi connectivity index (χ4n) is 4.26. The summed E-state index contributed by atoms with van der Waals surface area (Å²) in [4.78, 5) is 28.8. The van der Waals surface area contributed by atoms with Crippen LogP contribution in [0, 0.1) is 0 Å². The van der Waals surface area contributed by atoms with Crippen molar-refractivity contribution in [1.82, 2.24) is 10.2 Å². The molecule has 160 valence electrons. The summed E-state index contributed by atoms with van der Waals surface area (Å²) >= 11 is 4.98. The molecule has 0 bridgehead atoms. The van der Waals surface area contributed by atoms with E-state index in [-0.39, 0.29) is 36.5 Å². The Morgan fingerprint density at radius 3 is 2.44 bits per heavy atom. The van der Waals surface area contributed by atoms with Crippen LogP contribution in [-0.4, -0.2) is 43.4 Å². The van der Waals surface area contributed by atoms with Crippen LogP contribution < -0.4 is 10.2 Å². The van der Waals surface area contributed by atoms with Crippen LogP contribution in [-0.2, 0) is 15.0 Å². The van der Waals surface area contributed by atoms with Gasteiger partial charge in [0.1, 0.15) is 0 Å². The summed E-state index contributed by atoms with van der Waals surface area (Å²) in [6, 6.07) is 21.0. The van der Waals surface area contributed by atoms with Crippen molar-refractivity contribution in [2.24, 2.45) is 0 Å². The van der Waals surface area contributed by atoms with Gasteiger partial charge < -0.3 is 0 Å². The molecule has 2 aliphatic rings. The average molecular weight is 506 g/mol. The summed E-state index contributed by atoms with van der Waals surface area (Å²) in [6.07, 6.45) is 1.73. The number of carbonyl (C=O) groups excluding carboxylic acids is 2. The second kappa shape index (κ2) is 7.55. The van der Waals surface area contributed by atoms with Crippen LogP contribution in [0.3, 0.4) is 0 Å². The zero-order valence-electron chi connectivity index (χ0n) is 17.9. The quantitative estimate of drug-likeness (QED) is 0.246. The Balaban J connectivity index is 1.69. The molecule has 2 aliphatic heterocycles. The summed E-state index contributed by atoms with van der Waals surface area (Å²) in [5.41, 5.74) is 4.67. The first kappa shape index (κ1) is 20.9. The number of rotatable bonds is 2. The third-order valence-electron chi connectivity index (χ3n) is 6.03. The van der Waals surface area contributed by atoms with Crippen LogP contribution >= 0.6 is 12.2 Å². The van der Waals surface area contributed by atoms with Gasteiger partial charge in [0.2, 0.25) is 0 Å². The first-order valence-corrected chi connectivity index (χ1v) is 12.3. The van der Waals surface area contributed by atoms with Crippen LogP contribution in [0.15, 0.2) is 66.2 Å². The molecular formula is C25H21N3O2SSe. The minimum absolute atomic E-state index is 0.0833. The van der Waals surface area contributed by atoms with Crippen LogP contribution in [0.25, 0.3) is 6.08 Å². The average Bonchev–Trinajstić information content (AvgIpc) is 3.21. The number of carbonyl (C=O) groups is 2. The number of thiocarbonyl (C=S) groups is 1. The zero-order chi connectivity index (χ0) is 22.6. The molecule has 0 radical (unpaired) electrons. The van der Waals surface area contributed by atoms with Gasteiger partial charge in [-0.3, -0.25) is 0 Å². The van der Waals surface area contributed by atoms with Gasteiger partial charge in [0, 0.05) is 0 Å². The van der Waals surface area contributed by atoms with Crippen LogP contribution in [0.4, 0.5) is 15.9 Å². The van der Waals surface area contributed by atoms with Crippen molar-refractivity contribution in [3.05, 3.63) is 81.8 Å². The number of hydrogen-bond donors (Lipinski definition) is 1. The van der Waals surface area contributed by atoms with Gasteiger partial charge in [-0.2, -0.15) is 0 Å². The number of nitrogens with one attached hydrogen (secondary N) is 1. The number of hydrogen-bond acceptors (Lipinski definition) is 4. The molecule has 7 heteroatoms. The van der Waals surface area contributed by atoms with Gasteiger partial charge in [0.15, 0.2) is 0 Å². The van der Waals surface area contributed by atoms with Crippen molar-refractivity contribution in [2.45, 2.75) is 19.3 Å². The molecule has 0 aliphatic carbocycles. The number of likely N-dealkylation sites (N-methyl/N-ethyl adjacent to an activating group) is 1. The van der Waals surface area contributed by atoms with E-state index < -0.39 is 5.91 Å². The number of anilines is 3. The van der Waals surface area contributed by atoms with Gasteiger partial charge in [-0.15, -0.1) is 0 Å². The first-order chi connectivity index (χ1) is 15.3. The molecule has 32 heavy (non-hydrogen) atoms. The Morgan fingerprint density at radius 1 is 1.00 bits per heavy atom. The Kier molecular flexibility index (Phi) is 4.93. The molecule has 1 fully saturated rings. The van der Waals surface area contributed by atoms with Crippen LogP contribution in [0.5, 0.6) is 0 Å². The molecule has 0 atom stereocenters. The van der Waals surface area contributed by atoms with Crippen molar-refractivity contribution in [2.75, 3.05) is 11.9 Å². The number of nitrogens with zero attached hydrogens (tertiary/aromatic N) is 2. The maximum atomic E-state index is 12.7. The van der Waals surface area contributed by atoms with E-state index in [4.69, 9.17) is 12.2 Å². The normalized spacial score (nSPS) is 18.5. The number of benzene rings is 2. The molecule has 3 heterocycles. The standard InChI is InChI=1S/C25H21N3O2SSe/c1-25(2)18-11-7-8-12-20(18)28(15-9-5-4-6-10-15)23-19(25)14-16(32-23)13-17-21(29)26-24(31)27(3)22(17)30/h4-14H,1-3H3,(H,26,29,31)/b17-13+. The predicted octanol–water partition coefficient (Wildman–Crippen LogP) is 4.11. The van der Waals surface area contributed by atoms with Crippen molar-refractivity contribution >= 4 is 65.7 Å². The maximum absolute atomic E-state index is 12.7. The molecule has 3 aromatic rings. The molecule has 0 spiro atoms. The van der Waals surface area contributed by atoms with Crippen molar-refractivity contribution in [3.63, 3.8) is 0 Å². The van der Waals surface area contributed by atoms with Gasteiger partial charge in [-0.05, 0) is 0 Å². The van der Waals surface area contributed by atoms with Gasteiger partial charge in [-0.1, -0.05) is 0 Å². The van der Waals surface area contributed by atoms with E-state index in [1.807, 2.05) is 18.2 Å². The number of amides is 2. The molecule has 1 aromatic heterocycles. The summed E-state index contributed by atoms with van der Waals surface area (Å²) in [5, 5.41) is 2.73. The summed E-state index contributed by atoms with van der Waals surface area (Å²) in [6.45, 7) is 4.47. The molecule has 0 saturated carbocycles. The number of fused-ring (bicyclic) bond motifs is 2. The van der Waals surface area contributed by atoms with Crippen molar-refractivity contribution in [1.29, 1.82) is 0 Å². The van der Waals surface area contributed by atoms with Crippen molar-refractivity contribution < 1.29 is 9.59 Å². The van der Waals surface area contributed by atoms with Gasteiger partial charge in [0.05, 0.1) is 0 Å². The fourth-order valence-corrected chi connectivity index (χ4v) is 7.15. The second-order valence-electron chi connectivity index (χ2n) is 8.36. The van der Waals surface area contributed by atoms with Gasteiger partial charge >= 0.3 is 198 Å². The molecule has 5 rings (SSSR count). The molecule has 1 N–H and O–H groups in total. The van der Waals surface area contributed by atoms with Crippen LogP contribution in [0.1, 0.15) is 29.4 Å². The van der Waals surface area contributed by atoms with E-state index in [1.165, 1.54) is 26.3 Å². The first-order valence-electron chi connectivity index (χ1n) is 10.2. The zero-order valence-corrected chi connectivity index (χ0v) is 20.4. The third kappa shape index (κ3) is 3.16. The Hall–Kier alpha value is -2.99. The van der Waals surface area contributed by atoms with Crippen molar-refractivity contribution in [3.8, 4) is 0 Å². The Bertz CT molecular complexity index is 1310. The van der Waals surface area contributed by atoms with E-state index >= 15 is 0 Å². The molecule has 0 unspecified atom stereocenters. The molecular weight excluding hydrogens is 485 g/mol. The van der Waals surface area contributed by atoms with E-state index in [1.54, 1.807) is 13.1 Å². The van der Waals surface area contributed by atoms with Crippen LogP contribution in [0.2, 0.25) is 0 Å². The monoisotopic (exact) mass is 507 g/mol. The third-order valence-corrected chi connectivity index (χ3v) is 8.65. The van der Waals surface area contributed by atoms with E-state index in [9.17, 15) is 9.59 Å².